The molecule has 0 atom stereocenters. The summed E-state index contributed by atoms with van der Waals surface area (Å²) in [6.07, 6.45) is 0.899. The molecule has 1 aromatic carbocycles. The highest BCUT2D eigenvalue weighted by Crippen LogP contribution is 2.15. The molecule has 0 radical (unpaired) electrons. The van der Waals surface area contributed by atoms with Gasteiger partial charge in [-0.3, -0.25) is 4.79 Å². The average molecular weight is 221 g/mol. The topological polar surface area (TPSA) is 38.8 Å². The Balaban J connectivity index is 2.12. The molecule has 2 rings (SSSR count). The average Bonchev–Trinajstić information content (AvgIpc) is 2.39. The van der Waals surface area contributed by atoms with Crippen molar-refractivity contribution in [1.82, 2.24) is 4.90 Å². The van der Waals surface area contributed by atoms with Crippen LogP contribution in [0.5, 0.6) is 5.75 Å². The van der Waals surface area contributed by atoms with Crippen molar-refractivity contribution < 1.29 is 14.3 Å². The first-order valence-corrected chi connectivity index (χ1v) is 5.32. The number of amides is 1. The van der Waals surface area contributed by atoms with E-state index in [1.807, 2.05) is 12.1 Å². The molecule has 16 heavy (non-hydrogen) atoms. The molecule has 1 aromatic rings. The van der Waals surface area contributed by atoms with Gasteiger partial charge in [0.25, 0.3) is 5.91 Å². The first-order chi connectivity index (χ1) is 7.81. The summed E-state index contributed by atoms with van der Waals surface area (Å²) in [5.41, 5.74) is 0.643. The van der Waals surface area contributed by atoms with Crippen LogP contribution in [0.1, 0.15) is 16.8 Å². The van der Waals surface area contributed by atoms with Gasteiger partial charge in [0.05, 0.1) is 13.7 Å². The van der Waals surface area contributed by atoms with Gasteiger partial charge in [0, 0.05) is 12.1 Å². The SMILES string of the molecule is COc1cccc(C(=O)N2CCCOC2)c1. The molecule has 1 fully saturated rings. The van der Waals surface area contributed by atoms with Crippen LogP contribution >= 0.6 is 0 Å². The summed E-state index contributed by atoms with van der Waals surface area (Å²) in [6, 6.07) is 7.18. The van der Waals surface area contributed by atoms with E-state index < -0.39 is 0 Å². The lowest BCUT2D eigenvalue weighted by Gasteiger charge is -2.26. The molecule has 86 valence electrons. The van der Waals surface area contributed by atoms with E-state index in [-0.39, 0.29) is 5.91 Å². The van der Waals surface area contributed by atoms with E-state index in [1.165, 1.54) is 0 Å². The van der Waals surface area contributed by atoms with Gasteiger partial charge in [0.15, 0.2) is 0 Å². The maximum Gasteiger partial charge on any atom is 0.255 e. The minimum Gasteiger partial charge on any atom is -0.497 e. The second kappa shape index (κ2) is 4.99. The van der Waals surface area contributed by atoms with Crippen LogP contribution in [0.2, 0.25) is 0 Å². The van der Waals surface area contributed by atoms with E-state index >= 15 is 0 Å². The molecule has 0 N–H and O–H groups in total. The van der Waals surface area contributed by atoms with Crippen molar-refractivity contribution in [3.05, 3.63) is 29.8 Å². The third-order valence-electron chi connectivity index (χ3n) is 2.57. The number of benzene rings is 1. The van der Waals surface area contributed by atoms with Gasteiger partial charge in [-0.15, -0.1) is 0 Å². The van der Waals surface area contributed by atoms with Crippen LogP contribution in [0.3, 0.4) is 0 Å². The van der Waals surface area contributed by atoms with Gasteiger partial charge in [0.1, 0.15) is 12.5 Å². The standard InChI is InChI=1S/C12H15NO3/c1-15-11-5-2-4-10(8-11)12(14)13-6-3-7-16-9-13/h2,4-5,8H,3,6-7,9H2,1H3. The minimum absolute atomic E-state index is 0.00130. The molecule has 0 aromatic heterocycles. The van der Waals surface area contributed by atoms with Crippen LogP contribution in [0.15, 0.2) is 24.3 Å². The molecule has 1 amide bonds. The van der Waals surface area contributed by atoms with E-state index in [4.69, 9.17) is 9.47 Å². The van der Waals surface area contributed by atoms with Gasteiger partial charge >= 0.3 is 0 Å². The summed E-state index contributed by atoms with van der Waals surface area (Å²) in [5.74, 6) is 0.697. The highest BCUT2D eigenvalue weighted by atomic mass is 16.5. The number of rotatable bonds is 2. The van der Waals surface area contributed by atoms with Gasteiger partial charge in [-0.05, 0) is 24.6 Å². The summed E-state index contributed by atoms with van der Waals surface area (Å²) in [6.45, 7) is 1.88. The molecule has 1 heterocycles. The number of ether oxygens (including phenoxy) is 2. The van der Waals surface area contributed by atoms with Crippen LogP contribution in [0.25, 0.3) is 0 Å². The van der Waals surface area contributed by atoms with E-state index in [1.54, 1.807) is 24.1 Å². The molecule has 0 unspecified atom stereocenters. The summed E-state index contributed by atoms with van der Waals surface area (Å²) < 4.78 is 10.3. The lowest BCUT2D eigenvalue weighted by Crippen LogP contribution is -2.38. The first-order valence-electron chi connectivity index (χ1n) is 5.32. The van der Waals surface area contributed by atoms with Crippen LogP contribution in [-0.2, 0) is 4.74 Å². The van der Waals surface area contributed by atoms with Crippen LogP contribution < -0.4 is 4.74 Å². The zero-order valence-corrected chi connectivity index (χ0v) is 9.31. The number of carbonyl (C=O) groups excluding carboxylic acids is 1. The molecule has 4 heteroatoms. The van der Waals surface area contributed by atoms with Crippen molar-refractivity contribution in [2.75, 3.05) is 27.0 Å². The minimum atomic E-state index is -0.00130. The largest absolute Gasteiger partial charge is 0.497 e. The van der Waals surface area contributed by atoms with E-state index in [0.29, 0.717) is 18.0 Å². The van der Waals surface area contributed by atoms with Crippen molar-refractivity contribution in [2.45, 2.75) is 6.42 Å². The van der Waals surface area contributed by atoms with Gasteiger partial charge in [-0.25, -0.2) is 0 Å². The van der Waals surface area contributed by atoms with E-state index in [2.05, 4.69) is 0 Å². The predicted molar refractivity (Wildman–Crippen MR) is 59.5 cm³/mol. The Bertz CT molecular complexity index is 372. The van der Waals surface area contributed by atoms with Crippen molar-refractivity contribution in [1.29, 1.82) is 0 Å². The van der Waals surface area contributed by atoms with Gasteiger partial charge < -0.3 is 14.4 Å². The summed E-state index contributed by atoms with van der Waals surface area (Å²) in [7, 11) is 1.59. The van der Waals surface area contributed by atoms with Crippen LogP contribution in [-0.4, -0.2) is 37.8 Å². The molecule has 1 saturated heterocycles. The molecule has 0 saturated carbocycles. The number of hydrogen-bond acceptors (Lipinski definition) is 3. The third kappa shape index (κ3) is 2.33. The highest BCUT2D eigenvalue weighted by molar-refractivity contribution is 5.94. The van der Waals surface area contributed by atoms with Crippen molar-refractivity contribution in [2.24, 2.45) is 0 Å². The summed E-state index contributed by atoms with van der Waals surface area (Å²) >= 11 is 0. The van der Waals surface area contributed by atoms with E-state index in [0.717, 1.165) is 19.6 Å². The highest BCUT2D eigenvalue weighted by Gasteiger charge is 2.18. The van der Waals surface area contributed by atoms with Crippen LogP contribution in [0.4, 0.5) is 0 Å². The molecular weight excluding hydrogens is 206 g/mol. The lowest BCUT2D eigenvalue weighted by atomic mass is 10.2. The normalized spacial score (nSPS) is 15.9. The van der Waals surface area contributed by atoms with Crippen molar-refractivity contribution in [3.8, 4) is 5.75 Å². The number of hydrogen-bond donors (Lipinski definition) is 0. The second-order valence-electron chi connectivity index (χ2n) is 3.69. The number of methoxy groups -OCH3 is 1. The Morgan fingerprint density at radius 2 is 2.38 bits per heavy atom. The molecule has 4 nitrogen and oxygen atoms in total. The summed E-state index contributed by atoms with van der Waals surface area (Å²) in [5, 5.41) is 0. The summed E-state index contributed by atoms with van der Waals surface area (Å²) in [4.78, 5) is 13.8. The first kappa shape index (κ1) is 11.0. The zero-order chi connectivity index (χ0) is 11.4. The fourth-order valence-electron chi connectivity index (χ4n) is 1.70. The molecule has 1 aliphatic heterocycles. The monoisotopic (exact) mass is 221 g/mol. The van der Waals surface area contributed by atoms with Gasteiger partial charge in [0.2, 0.25) is 0 Å². The lowest BCUT2D eigenvalue weighted by molar-refractivity contribution is -0.00572. The van der Waals surface area contributed by atoms with Crippen molar-refractivity contribution >= 4 is 5.91 Å². The zero-order valence-electron chi connectivity index (χ0n) is 9.31. The molecule has 0 bridgehead atoms. The smallest absolute Gasteiger partial charge is 0.255 e. The van der Waals surface area contributed by atoms with Crippen molar-refractivity contribution in [3.63, 3.8) is 0 Å². The molecule has 0 spiro atoms. The quantitative estimate of drug-likeness (QED) is 0.760. The Morgan fingerprint density at radius 3 is 3.06 bits per heavy atom. The molecule has 1 aliphatic rings. The molecular formula is C12H15NO3. The second-order valence-corrected chi connectivity index (χ2v) is 3.69. The predicted octanol–water partition coefficient (Wildman–Crippen LogP) is 1.52. The van der Waals surface area contributed by atoms with Gasteiger partial charge in [-0.1, -0.05) is 6.07 Å². The number of nitrogens with zero attached hydrogens (tertiary/aromatic N) is 1. The maximum atomic E-state index is 12.1. The third-order valence-corrected chi connectivity index (χ3v) is 2.57. The Morgan fingerprint density at radius 1 is 1.50 bits per heavy atom. The van der Waals surface area contributed by atoms with Crippen LogP contribution in [0, 0.1) is 0 Å². The number of carbonyl (C=O) groups is 1. The fraction of sp³-hybridized carbons (Fsp3) is 0.417. The Kier molecular flexibility index (Phi) is 3.41. The maximum absolute atomic E-state index is 12.1. The fourth-order valence-corrected chi connectivity index (χ4v) is 1.70. The van der Waals surface area contributed by atoms with E-state index in [9.17, 15) is 4.79 Å². The van der Waals surface area contributed by atoms with Gasteiger partial charge in [-0.2, -0.15) is 0 Å². The molecule has 0 aliphatic carbocycles. The Hall–Kier alpha value is -1.55. The Labute approximate surface area is 94.8 Å².